The molecule has 0 aliphatic carbocycles. The van der Waals surface area contributed by atoms with Gasteiger partial charge in [-0.25, -0.2) is 0 Å². The maximum absolute atomic E-state index is 12.7. The number of non-ortho nitro benzene ring substituents is 1. The van der Waals surface area contributed by atoms with Crippen LogP contribution < -0.4 is 4.90 Å². The number of nitro benzene ring substituents is 1. The standard InChI is InChI=1S/C15H9Cl2N3O3/c16-11-2-1-3-12(17)14(11)19-13-5-4-8(20(22)23)6-9(13)10(7-18)15(19)21/h1-7,10,18H/t10-/m0/s1. The minimum atomic E-state index is -0.905. The second-order valence-corrected chi connectivity index (χ2v) is 5.70. The van der Waals surface area contributed by atoms with Crippen LogP contribution in [0.15, 0.2) is 36.4 Å². The Labute approximate surface area is 140 Å². The van der Waals surface area contributed by atoms with Gasteiger partial charge in [-0.1, -0.05) is 29.3 Å². The highest BCUT2D eigenvalue weighted by Crippen LogP contribution is 2.47. The predicted octanol–water partition coefficient (Wildman–Crippen LogP) is 4.31. The van der Waals surface area contributed by atoms with Crippen molar-refractivity contribution in [1.82, 2.24) is 0 Å². The van der Waals surface area contributed by atoms with E-state index in [1.54, 1.807) is 18.2 Å². The summed E-state index contributed by atoms with van der Waals surface area (Å²) < 4.78 is 0. The maximum atomic E-state index is 12.7. The van der Waals surface area contributed by atoms with Crippen LogP contribution in [0.3, 0.4) is 0 Å². The summed E-state index contributed by atoms with van der Waals surface area (Å²) in [5.41, 5.74) is 0.982. The number of nitrogens with one attached hydrogen (secondary N) is 1. The smallest absolute Gasteiger partial charge is 0.269 e. The molecular weight excluding hydrogens is 341 g/mol. The normalized spacial score (nSPS) is 16.3. The molecule has 23 heavy (non-hydrogen) atoms. The molecule has 6 nitrogen and oxygen atoms in total. The summed E-state index contributed by atoms with van der Waals surface area (Å²) in [6, 6.07) is 8.91. The minimum Gasteiger partial charge on any atom is -0.312 e. The summed E-state index contributed by atoms with van der Waals surface area (Å²) in [5.74, 6) is -1.33. The van der Waals surface area contributed by atoms with Crippen LogP contribution in [0.5, 0.6) is 0 Å². The molecule has 2 aromatic rings. The number of hydrogen-bond acceptors (Lipinski definition) is 4. The summed E-state index contributed by atoms with van der Waals surface area (Å²) in [6.07, 6.45) is 0.954. The quantitative estimate of drug-likeness (QED) is 0.508. The molecule has 8 heteroatoms. The third kappa shape index (κ3) is 2.36. The molecule has 0 saturated carbocycles. The van der Waals surface area contributed by atoms with E-state index in [2.05, 4.69) is 0 Å². The third-order valence-electron chi connectivity index (χ3n) is 3.61. The zero-order valence-corrected chi connectivity index (χ0v) is 13.0. The number of nitrogens with zero attached hydrogens (tertiary/aromatic N) is 2. The molecule has 1 aliphatic heterocycles. The van der Waals surface area contributed by atoms with E-state index in [-0.39, 0.29) is 15.7 Å². The second-order valence-electron chi connectivity index (χ2n) is 4.89. The summed E-state index contributed by atoms with van der Waals surface area (Å²) in [6.45, 7) is 0. The van der Waals surface area contributed by atoms with Gasteiger partial charge in [0.15, 0.2) is 0 Å². The summed E-state index contributed by atoms with van der Waals surface area (Å²) >= 11 is 12.3. The topological polar surface area (TPSA) is 87.3 Å². The van der Waals surface area contributed by atoms with Gasteiger partial charge in [0.1, 0.15) is 5.92 Å². The average molecular weight is 350 g/mol. The van der Waals surface area contributed by atoms with Gasteiger partial charge in [-0.05, 0) is 18.2 Å². The van der Waals surface area contributed by atoms with Crippen LogP contribution in [0.1, 0.15) is 11.5 Å². The number of hydrogen-bond donors (Lipinski definition) is 1. The number of halogens is 2. The lowest BCUT2D eigenvalue weighted by Gasteiger charge is -2.20. The number of anilines is 2. The number of rotatable bonds is 3. The highest BCUT2D eigenvalue weighted by Gasteiger charge is 2.39. The molecule has 0 bridgehead atoms. The lowest BCUT2D eigenvalue weighted by Crippen LogP contribution is -2.24. The molecule has 0 saturated heterocycles. The van der Waals surface area contributed by atoms with Gasteiger partial charge < -0.3 is 5.41 Å². The highest BCUT2D eigenvalue weighted by atomic mass is 35.5. The van der Waals surface area contributed by atoms with Crippen LogP contribution in [-0.2, 0) is 4.79 Å². The summed E-state index contributed by atoms with van der Waals surface area (Å²) in [4.78, 5) is 24.4. The number of fused-ring (bicyclic) bond motifs is 1. The van der Waals surface area contributed by atoms with Crippen LogP contribution in [0.2, 0.25) is 10.0 Å². The lowest BCUT2D eigenvalue weighted by atomic mass is 10.0. The molecule has 2 aromatic carbocycles. The molecule has 1 N–H and O–H groups in total. The molecule has 0 aromatic heterocycles. The Morgan fingerprint density at radius 3 is 2.43 bits per heavy atom. The Bertz CT molecular complexity index is 834. The molecule has 0 unspecified atom stereocenters. The molecule has 0 fully saturated rings. The van der Waals surface area contributed by atoms with Gasteiger partial charge in [0.05, 0.1) is 26.3 Å². The first-order valence-corrected chi connectivity index (χ1v) is 7.28. The fourth-order valence-electron chi connectivity index (χ4n) is 2.59. The van der Waals surface area contributed by atoms with E-state index >= 15 is 0 Å². The first-order valence-electron chi connectivity index (χ1n) is 6.52. The molecule has 1 aliphatic rings. The largest absolute Gasteiger partial charge is 0.312 e. The van der Waals surface area contributed by atoms with Gasteiger partial charge in [0.2, 0.25) is 5.91 Å². The Kier molecular flexibility index (Phi) is 3.79. The van der Waals surface area contributed by atoms with Crippen molar-refractivity contribution in [2.45, 2.75) is 5.92 Å². The van der Waals surface area contributed by atoms with Crippen LogP contribution in [-0.4, -0.2) is 17.0 Å². The molecule has 0 radical (unpaired) electrons. The first kappa shape index (κ1) is 15.5. The average Bonchev–Trinajstić information content (AvgIpc) is 2.78. The van der Waals surface area contributed by atoms with Crippen molar-refractivity contribution in [2.75, 3.05) is 4.90 Å². The fraction of sp³-hybridized carbons (Fsp3) is 0.0667. The van der Waals surface area contributed by atoms with Crippen molar-refractivity contribution >= 4 is 52.4 Å². The molecule has 116 valence electrons. The van der Waals surface area contributed by atoms with Crippen molar-refractivity contribution in [3.8, 4) is 0 Å². The van der Waals surface area contributed by atoms with E-state index in [1.165, 1.54) is 23.1 Å². The molecule has 0 spiro atoms. The van der Waals surface area contributed by atoms with Gasteiger partial charge in [0, 0.05) is 23.9 Å². The van der Waals surface area contributed by atoms with Gasteiger partial charge in [0.25, 0.3) is 5.69 Å². The Hall–Kier alpha value is -2.44. The van der Waals surface area contributed by atoms with Crippen molar-refractivity contribution in [1.29, 1.82) is 5.41 Å². The lowest BCUT2D eigenvalue weighted by molar-refractivity contribution is -0.384. The van der Waals surface area contributed by atoms with Crippen LogP contribution in [0.4, 0.5) is 17.1 Å². The van der Waals surface area contributed by atoms with Crippen LogP contribution >= 0.6 is 23.2 Å². The van der Waals surface area contributed by atoms with E-state index in [1.807, 2.05) is 0 Å². The van der Waals surface area contributed by atoms with Crippen molar-refractivity contribution < 1.29 is 9.72 Å². The van der Waals surface area contributed by atoms with Crippen LogP contribution in [0.25, 0.3) is 0 Å². The number of para-hydroxylation sites is 1. The van der Waals surface area contributed by atoms with Gasteiger partial charge in [-0.3, -0.25) is 19.8 Å². The van der Waals surface area contributed by atoms with Gasteiger partial charge in [-0.15, -0.1) is 0 Å². The molecule has 1 heterocycles. The van der Waals surface area contributed by atoms with Crippen molar-refractivity contribution in [2.24, 2.45) is 0 Å². The Morgan fingerprint density at radius 2 is 1.87 bits per heavy atom. The van der Waals surface area contributed by atoms with E-state index in [0.29, 0.717) is 16.9 Å². The van der Waals surface area contributed by atoms with E-state index in [0.717, 1.165) is 6.21 Å². The van der Waals surface area contributed by atoms with Crippen molar-refractivity contribution in [3.63, 3.8) is 0 Å². The van der Waals surface area contributed by atoms with E-state index in [4.69, 9.17) is 28.6 Å². The molecule has 1 amide bonds. The van der Waals surface area contributed by atoms with Crippen LogP contribution in [0, 0.1) is 15.5 Å². The molecule has 1 atom stereocenters. The number of benzene rings is 2. The third-order valence-corrected chi connectivity index (χ3v) is 4.22. The highest BCUT2D eigenvalue weighted by molar-refractivity contribution is 6.41. The van der Waals surface area contributed by atoms with Gasteiger partial charge in [-0.2, -0.15) is 0 Å². The predicted molar refractivity (Wildman–Crippen MR) is 88.2 cm³/mol. The minimum absolute atomic E-state index is 0.143. The number of carbonyl (C=O) groups excluding carboxylic acids is 1. The number of amides is 1. The Balaban J connectivity index is 2.24. The number of nitro groups is 1. The monoisotopic (exact) mass is 349 g/mol. The summed E-state index contributed by atoms with van der Waals surface area (Å²) in [5, 5.41) is 19.0. The zero-order chi connectivity index (χ0) is 16.7. The molecule has 3 rings (SSSR count). The fourth-order valence-corrected chi connectivity index (χ4v) is 3.16. The maximum Gasteiger partial charge on any atom is 0.269 e. The SMILES string of the molecule is N=C[C@@H]1C(=O)N(c2c(Cl)cccc2Cl)c2ccc([N+](=O)[O-])cc21. The zero-order valence-electron chi connectivity index (χ0n) is 11.5. The van der Waals surface area contributed by atoms with Gasteiger partial charge >= 0.3 is 0 Å². The van der Waals surface area contributed by atoms with E-state index in [9.17, 15) is 14.9 Å². The second kappa shape index (κ2) is 5.64. The summed E-state index contributed by atoms with van der Waals surface area (Å²) in [7, 11) is 0. The van der Waals surface area contributed by atoms with Crippen molar-refractivity contribution in [3.05, 3.63) is 62.1 Å². The number of carbonyl (C=O) groups is 1. The molecular formula is C15H9Cl2N3O3. The first-order chi connectivity index (χ1) is 11.0. The van der Waals surface area contributed by atoms with E-state index < -0.39 is 16.7 Å². The Morgan fingerprint density at radius 1 is 1.22 bits per heavy atom.